The molecule has 1 fully saturated rings. The second-order valence-electron chi connectivity index (χ2n) is 5.50. The molecule has 1 aliphatic heterocycles. The summed E-state index contributed by atoms with van der Waals surface area (Å²) in [5.41, 5.74) is 7.09. The van der Waals surface area contributed by atoms with Gasteiger partial charge in [0.2, 0.25) is 11.8 Å². The van der Waals surface area contributed by atoms with Crippen molar-refractivity contribution in [1.29, 1.82) is 0 Å². The van der Waals surface area contributed by atoms with E-state index in [0.717, 1.165) is 22.2 Å². The number of amides is 2. The molecular weight excluding hydrogens is 282 g/mol. The summed E-state index contributed by atoms with van der Waals surface area (Å²) in [4.78, 5) is 28.1. The minimum atomic E-state index is -0.338. The highest BCUT2D eigenvalue weighted by Crippen LogP contribution is 2.30. The van der Waals surface area contributed by atoms with Crippen molar-refractivity contribution in [3.63, 3.8) is 0 Å². The monoisotopic (exact) mass is 301 g/mol. The summed E-state index contributed by atoms with van der Waals surface area (Å²) in [7, 11) is 0. The van der Waals surface area contributed by atoms with Gasteiger partial charge in [-0.05, 0) is 24.6 Å². The molecule has 0 unspecified atom stereocenters. The molecule has 2 heterocycles. The lowest BCUT2D eigenvalue weighted by Crippen LogP contribution is -2.55. The average Bonchev–Trinajstić information content (AvgIpc) is 2.81. The molecule has 1 aromatic carbocycles. The highest BCUT2D eigenvalue weighted by molar-refractivity contribution is 5.93. The third kappa shape index (κ3) is 2.52. The molecule has 1 aromatic heterocycles. The van der Waals surface area contributed by atoms with Gasteiger partial charge in [-0.1, -0.05) is 6.07 Å². The predicted octanol–water partition coefficient (Wildman–Crippen LogP) is 1.05. The first-order valence-corrected chi connectivity index (χ1v) is 7.39. The second-order valence-corrected chi connectivity index (χ2v) is 5.50. The number of nitrogens with two attached hydrogens (primary N) is 1. The van der Waals surface area contributed by atoms with Crippen LogP contribution in [0.25, 0.3) is 10.9 Å². The van der Waals surface area contributed by atoms with Crippen molar-refractivity contribution < 1.29 is 14.3 Å². The molecule has 0 bridgehead atoms. The van der Waals surface area contributed by atoms with Gasteiger partial charge in [-0.15, -0.1) is 0 Å². The van der Waals surface area contributed by atoms with E-state index >= 15 is 0 Å². The van der Waals surface area contributed by atoms with Crippen molar-refractivity contribution in [3.8, 4) is 5.75 Å². The quantitative estimate of drug-likeness (QED) is 0.865. The van der Waals surface area contributed by atoms with Crippen molar-refractivity contribution in [3.05, 3.63) is 30.0 Å². The Hall–Kier alpha value is -2.50. The van der Waals surface area contributed by atoms with Crippen LogP contribution in [-0.2, 0) is 16.0 Å². The lowest BCUT2D eigenvalue weighted by atomic mass is 9.98. The number of rotatable bonds is 5. The van der Waals surface area contributed by atoms with E-state index in [0.29, 0.717) is 19.7 Å². The van der Waals surface area contributed by atoms with Gasteiger partial charge in [-0.25, -0.2) is 0 Å². The average molecular weight is 301 g/mol. The lowest BCUT2D eigenvalue weighted by Gasteiger charge is -2.37. The number of aromatic nitrogens is 1. The third-order valence-corrected chi connectivity index (χ3v) is 4.03. The number of hydrogen-bond acceptors (Lipinski definition) is 3. The number of ether oxygens (including phenoxy) is 1. The van der Waals surface area contributed by atoms with Crippen LogP contribution in [-0.4, -0.2) is 41.4 Å². The minimum absolute atomic E-state index is 0.00435. The number of primary amides is 1. The van der Waals surface area contributed by atoms with Crippen LogP contribution in [0.5, 0.6) is 5.75 Å². The van der Waals surface area contributed by atoms with Gasteiger partial charge in [0.1, 0.15) is 5.75 Å². The van der Waals surface area contributed by atoms with E-state index in [1.54, 1.807) is 4.90 Å². The number of fused-ring (bicyclic) bond motifs is 1. The molecule has 6 heteroatoms. The first kappa shape index (κ1) is 14.4. The standard InChI is InChI=1S/C16H19N3O3/c1-2-22-13-5-3-4-12-15(13)10(7-18-12)6-14(20)19-8-11(9-19)16(17)21/h3-5,7,11,18H,2,6,8-9H2,1H3,(H2,17,21). The van der Waals surface area contributed by atoms with Gasteiger partial charge in [-0.2, -0.15) is 0 Å². The van der Waals surface area contributed by atoms with Crippen LogP contribution in [0.2, 0.25) is 0 Å². The SMILES string of the molecule is CCOc1cccc2[nH]cc(CC(=O)N3CC(C(N)=O)C3)c12. The van der Waals surface area contributed by atoms with Crippen molar-refractivity contribution in [1.82, 2.24) is 9.88 Å². The summed E-state index contributed by atoms with van der Waals surface area (Å²) < 4.78 is 5.64. The molecule has 0 aliphatic carbocycles. The van der Waals surface area contributed by atoms with Crippen LogP contribution in [0.4, 0.5) is 0 Å². The highest BCUT2D eigenvalue weighted by Gasteiger charge is 2.34. The van der Waals surface area contributed by atoms with Crippen molar-refractivity contribution >= 4 is 22.7 Å². The smallest absolute Gasteiger partial charge is 0.227 e. The van der Waals surface area contributed by atoms with Crippen LogP contribution >= 0.6 is 0 Å². The van der Waals surface area contributed by atoms with E-state index in [4.69, 9.17) is 10.5 Å². The summed E-state index contributed by atoms with van der Waals surface area (Å²) in [6.07, 6.45) is 2.13. The Morgan fingerprint density at radius 3 is 2.86 bits per heavy atom. The molecule has 2 aromatic rings. The number of H-pyrrole nitrogens is 1. The maximum absolute atomic E-state index is 12.3. The number of carbonyl (C=O) groups is 2. The Balaban J connectivity index is 1.77. The molecule has 6 nitrogen and oxygen atoms in total. The van der Waals surface area contributed by atoms with E-state index in [1.165, 1.54) is 0 Å². The molecule has 3 rings (SSSR count). The largest absolute Gasteiger partial charge is 0.493 e. The fraction of sp³-hybridized carbons (Fsp3) is 0.375. The highest BCUT2D eigenvalue weighted by atomic mass is 16.5. The molecule has 0 spiro atoms. The fourth-order valence-corrected chi connectivity index (χ4v) is 2.77. The van der Waals surface area contributed by atoms with Crippen LogP contribution < -0.4 is 10.5 Å². The van der Waals surface area contributed by atoms with Gasteiger partial charge in [0.25, 0.3) is 0 Å². The molecule has 22 heavy (non-hydrogen) atoms. The van der Waals surface area contributed by atoms with Crippen LogP contribution in [0.3, 0.4) is 0 Å². The molecule has 2 amide bonds. The van der Waals surface area contributed by atoms with Gasteiger partial charge in [-0.3, -0.25) is 9.59 Å². The minimum Gasteiger partial charge on any atom is -0.493 e. The maximum Gasteiger partial charge on any atom is 0.227 e. The van der Waals surface area contributed by atoms with Gasteiger partial charge >= 0.3 is 0 Å². The number of hydrogen-bond donors (Lipinski definition) is 2. The van der Waals surface area contributed by atoms with Gasteiger partial charge in [0.05, 0.1) is 18.9 Å². The normalized spacial score (nSPS) is 14.9. The maximum atomic E-state index is 12.3. The van der Waals surface area contributed by atoms with Gasteiger partial charge < -0.3 is 20.4 Å². The molecule has 0 atom stereocenters. The van der Waals surface area contributed by atoms with Gasteiger partial charge in [0.15, 0.2) is 0 Å². The Kier molecular flexibility index (Phi) is 3.75. The summed E-state index contributed by atoms with van der Waals surface area (Å²) in [6, 6.07) is 5.78. The Morgan fingerprint density at radius 2 is 2.18 bits per heavy atom. The first-order chi connectivity index (χ1) is 10.6. The summed E-state index contributed by atoms with van der Waals surface area (Å²) in [5, 5.41) is 0.949. The first-order valence-electron chi connectivity index (χ1n) is 7.39. The molecule has 0 radical (unpaired) electrons. The van der Waals surface area contributed by atoms with Gasteiger partial charge in [0, 0.05) is 30.2 Å². The van der Waals surface area contributed by atoms with E-state index in [-0.39, 0.29) is 24.2 Å². The van der Waals surface area contributed by atoms with Crippen LogP contribution in [0, 0.1) is 5.92 Å². The zero-order valence-corrected chi connectivity index (χ0v) is 12.5. The van der Waals surface area contributed by atoms with E-state index < -0.39 is 0 Å². The Labute approximate surface area is 128 Å². The van der Waals surface area contributed by atoms with Crippen molar-refractivity contribution in [2.45, 2.75) is 13.3 Å². The molecular formula is C16H19N3O3. The van der Waals surface area contributed by atoms with Crippen LogP contribution in [0.15, 0.2) is 24.4 Å². The number of nitrogens with zero attached hydrogens (tertiary/aromatic N) is 1. The molecule has 116 valence electrons. The predicted molar refractivity (Wildman–Crippen MR) is 82.4 cm³/mol. The van der Waals surface area contributed by atoms with Crippen molar-refractivity contribution in [2.75, 3.05) is 19.7 Å². The number of benzene rings is 1. The zero-order chi connectivity index (χ0) is 15.7. The number of carbonyl (C=O) groups excluding carboxylic acids is 2. The fourth-order valence-electron chi connectivity index (χ4n) is 2.77. The van der Waals surface area contributed by atoms with Crippen molar-refractivity contribution in [2.24, 2.45) is 11.7 Å². The summed E-state index contributed by atoms with van der Waals surface area (Å²) in [5.74, 6) is 0.244. The van der Waals surface area contributed by atoms with E-state index in [2.05, 4.69) is 4.98 Å². The summed E-state index contributed by atoms with van der Waals surface area (Å²) in [6.45, 7) is 3.36. The molecule has 3 N–H and O–H groups in total. The Morgan fingerprint density at radius 1 is 1.41 bits per heavy atom. The van der Waals surface area contributed by atoms with Crippen LogP contribution in [0.1, 0.15) is 12.5 Å². The molecule has 0 saturated carbocycles. The lowest BCUT2D eigenvalue weighted by molar-refractivity contribution is -0.141. The van der Waals surface area contributed by atoms with E-state index in [1.807, 2.05) is 31.3 Å². The summed E-state index contributed by atoms with van der Waals surface area (Å²) >= 11 is 0. The number of likely N-dealkylation sites (tertiary alicyclic amines) is 1. The number of aromatic amines is 1. The topological polar surface area (TPSA) is 88.4 Å². The number of nitrogens with one attached hydrogen (secondary N) is 1. The Bertz CT molecular complexity index is 716. The zero-order valence-electron chi connectivity index (χ0n) is 12.5. The van der Waals surface area contributed by atoms with E-state index in [9.17, 15) is 9.59 Å². The third-order valence-electron chi connectivity index (χ3n) is 4.03. The second kappa shape index (κ2) is 5.71. The molecule has 1 aliphatic rings. The molecule has 1 saturated heterocycles.